The van der Waals surface area contributed by atoms with Crippen LogP contribution >= 0.6 is 0 Å². The molecule has 0 spiro atoms. The second kappa shape index (κ2) is 5.09. The van der Waals surface area contributed by atoms with Gasteiger partial charge in [-0.1, -0.05) is 0 Å². The first-order valence-corrected chi connectivity index (χ1v) is 7.61. The van der Waals surface area contributed by atoms with Gasteiger partial charge in [-0.15, -0.1) is 0 Å². The van der Waals surface area contributed by atoms with E-state index < -0.39 is 0 Å². The Balaban J connectivity index is 1.89. The van der Waals surface area contributed by atoms with E-state index in [0.717, 1.165) is 23.0 Å². The van der Waals surface area contributed by atoms with Crippen LogP contribution < -0.4 is 14.2 Å². The number of hydrogen-bond acceptors (Lipinski definition) is 3. The van der Waals surface area contributed by atoms with Gasteiger partial charge in [-0.3, -0.25) is 0 Å². The molecule has 4 nitrogen and oxygen atoms in total. The van der Waals surface area contributed by atoms with Crippen molar-refractivity contribution in [1.82, 2.24) is 4.98 Å². The predicted octanol–water partition coefficient (Wildman–Crippen LogP) is 3.76. The fourth-order valence-electron chi connectivity index (χ4n) is 3.04. The lowest BCUT2D eigenvalue weighted by atomic mass is 10.0. The minimum atomic E-state index is 0.792. The molecule has 0 atom stereocenters. The van der Waals surface area contributed by atoms with Crippen molar-refractivity contribution < 1.29 is 9.30 Å². The van der Waals surface area contributed by atoms with Crippen LogP contribution in [-0.2, 0) is 7.05 Å². The summed E-state index contributed by atoms with van der Waals surface area (Å²) in [5, 5.41) is 0. The molecule has 114 valence electrons. The fraction of sp³-hybridized carbons (Fsp3) is 0.158. The highest BCUT2D eigenvalue weighted by atomic mass is 16.5. The van der Waals surface area contributed by atoms with Crippen LogP contribution in [0.25, 0.3) is 11.3 Å². The summed E-state index contributed by atoms with van der Waals surface area (Å²) in [6, 6.07) is 14.3. The molecule has 3 aromatic rings. The molecular formula is C19H18N3O+. The average molecular weight is 304 g/mol. The Hall–Kier alpha value is -2.88. The summed E-state index contributed by atoms with van der Waals surface area (Å²) in [6.07, 6.45) is 3.85. The Labute approximate surface area is 135 Å². The highest BCUT2D eigenvalue weighted by Crippen LogP contribution is 2.46. The summed E-state index contributed by atoms with van der Waals surface area (Å²) < 4.78 is 8.17. The van der Waals surface area contributed by atoms with E-state index in [1.807, 2.05) is 25.2 Å². The Morgan fingerprint density at radius 1 is 1.09 bits per heavy atom. The second-order valence-corrected chi connectivity index (χ2v) is 5.82. The minimum absolute atomic E-state index is 0.792. The molecule has 0 aliphatic carbocycles. The second-order valence-electron chi connectivity index (χ2n) is 5.82. The zero-order valence-electron chi connectivity index (χ0n) is 13.4. The van der Waals surface area contributed by atoms with Crippen molar-refractivity contribution in [1.29, 1.82) is 0 Å². The quantitative estimate of drug-likeness (QED) is 0.641. The Morgan fingerprint density at radius 2 is 1.96 bits per heavy atom. The summed E-state index contributed by atoms with van der Waals surface area (Å²) >= 11 is 0. The molecule has 0 radical (unpaired) electrons. The maximum Gasteiger partial charge on any atom is 0.212 e. The van der Waals surface area contributed by atoms with E-state index in [1.54, 1.807) is 6.20 Å². The molecule has 1 aliphatic rings. The third-order valence-electron chi connectivity index (χ3n) is 4.29. The van der Waals surface area contributed by atoms with E-state index >= 15 is 0 Å². The summed E-state index contributed by atoms with van der Waals surface area (Å²) in [6.45, 7) is 2.12. The van der Waals surface area contributed by atoms with E-state index in [2.05, 4.69) is 58.9 Å². The molecule has 2 aromatic heterocycles. The first-order chi connectivity index (χ1) is 11.1. The average Bonchev–Trinajstić information content (AvgIpc) is 2.55. The number of nitrogens with zero attached hydrogens (tertiary/aromatic N) is 3. The molecule has 4 rings (SSSR count). The van der Waals surface area contributed by atoms with Gasteiger partial charge < -0.3 is 9.64 Å². The lowest BCUT2D eigenvalue weighted by Gasteiger charge is -2.29. The van der Waals surface area contributed by atoms with Crippen LogP contribution in [0.1, 0.15) is 5.56 Å². The third kappa shape index (κ3) is 2.14. The van der Waals surface area contributed by atoms with Gasteiger partial charge in [-0.2, -0.15) is 0 Å². The van der Waals surface area contributed by atoms with Gasteiger partial charge in [0.25, 0.3) is 0 Å². The molecule has 23 heavy (non-hydrogen) atoms. The van der Waals surface area contributed by atoms with Crippen LogP contribution in [0, 0.1) is 6.92 Å². The molecule has 0 amide bonds. The molecule has 3 heterocycles. The van der Waals surface area contributed by atoms with E-state index in [4.69, 9.17) is 4.74 Å². The van der Waals surface area contributed by atoms with Crippen LogP contribution in [0.5, 0.6) is 11.5 Å². The van der Waals surface area contributed by atoms with Crippen molar-refractivity contribution >= 4 is 11.5 Å². The summed E-state index contributed by atoms with van der Waals surface area (Å²) in [5.41, 5.74) is 4.58. The maximum absolute atomic E-state index is 6.04. The van der Waals surface area contributed by atoms with Gasteiger partial charge in [0.2, 0.25) is 5.69 Å². The van der Waals surface area contributed by atoms with Crippen LogP contribution in [0.15, 0.2) is 54.9 Å². The molecule has 1 aliphatic heterocycles. The SMILES string of the molecule is Cc1cc2c(cc1-c1cccc[n+]1C)N(C)c1ncccc1O2. The number of rotatable bonds is 1. The lowest BCUT2D eigenvalue weighted by Crippen LogP contribution is -2.30. The molecule has 0 N–H and O–H groups in total. The summed E-state index contributed by atoms with van der Waals surface area (Å²) in [4.78, 5) is 6.52. The van der Waals surface area contributed by atoms with E-state index in [1.165, 1.54) is 16.8 Å². The van der Waals surface area contributed by atoms with Gasteiger partial charge in [0.05, 0.1) is 11.3 Å². The van der Waals surface area contributed by atoms with Gasteiger partial charge in [0.15, 0.2) is 23.5 Å². The van der Waals surface area contributed by atoms with Crippen molar-refractivity contribution in [2.75, 3.05) is 11.9 Å². The Bertz CT molecular complexity index is 905. The number of anilines is 2. The van der Waals surface area contributed by atoms with E-state index in [-0.39, 0.29) is 0 Å². The van der Waals surface area contributed by atoms with Gasteiger partial charge in [0.1, 0.15) is 7.05 Å². The van der Waals surface area contributed by atoms with E-state index in [9.17, 15) is 0 Å². The van der Waals surface area contributed by atoms with Crippen molar-refractivity contribution in [2.45, 2.75) is 6.92 Å². The van der Waals surface area contributed by atoms with Gasteiger partial charge in [0, 0.05) is 25.4 Å². The third-order valence-corrected chi connectivity index (χ3v) is 4.29. The highest BCUT2D eigenvalue weighted by molar-refractivity contribution is 5.80. The number of benzene rings is 1. The summed E-state index contributed by atoms with van der Waals surface area (Å²) in [7, 11) is 4.09. The lowest BCUT2D eigenvalue weighted by molar-refractivity contribution is -0.660. The van der Waals surface area contributed by atoms with Crippen molar-refractivity contribution in [3.05, 3.63) is 60.4 Å². The zero-order valence-corrected chi connectivity index (χ0v) is 13.4. The van der Waals surface area contributed by atoms with Crippen molar-refractivity contribution in [2.24, 2.45) is 7.05 Å². The molecule has 0 bridgehead atoms. The van der Waals surface area contributed by atoms with Crippen molar-refractivity contribution in [3.63, 3.8) is 0 Å². The number of pyridine rings is 2. The molecule has 0 unspecified atom stereocenters. The molecule has 4 heteroatoms. The topological polar surface area (TPSA) is 29.2 Å². The van der Waals surface area contributed by atoms with Crippen LogP contribution in [0.4, 0.5) is 11.5 Å². The van der Waals surface area contributed by atoms with Crippen LogP contribution in [0.3, 0.4) is 0 Å². The van der Waals surface area contributed by atoms with Gasteiger partial charge >= 0.3 is 0 Å². The molecule has 1 aromatic carbocycles. The number of ether oxygens (including phenoxy) is 1. The van der Waals surface area contributed by atoms with E-state index in [0.29, 0.717) is 0 Å². The molecule has 0 saturated heterocycles. The normalized spacial score (nSPS) is 12.4. The first kappa shape index (κ1) is 13.8. The molecule has 0 saturated carbocycles. The molecule has 0 fully saturated rings. The maximum atomic E-state index is 6.04. The fourth-order valence-corrected chi connectivity index (χ4v) is 3.04. The first-order valence-electron chi connectivity index (χ1n) is 7.61. The van der Waals surface area contributed by atoms with Gasteiger partial charge in [-0.05, 0) is 42.8 Å². The number of fused-ring (bicyclic) bond motifs is 2. The highest BCUT2D eigenvalue weighted by Gasteiger charge is 2.25. The van der Waals surface area contributed by atoms with Crippen LogP contribution in [0.2, 0.25) is 0 Å². The summed E-state index contributed by atoms with van der Waals surface area (Å²) in [5.74, 6) is 2.50. The Morgan fingerprint density at radius 3 is 2.78 bits per heavy atom. The number of hydrogen-bond donors (Lipinski definition) is 0. The Kier molecular flexibility index (Phi) is 3.05. The standard InChI is InChI=1S/C19H18N3O/c1-13-11-18-16(12-14(13)15-7-4-5-10-21(15)2)22(3)19-17(23-18)8-6-9-20-19/h4-12H,1-3H3/q+1. The number of aryl methyl sites for hydroxylation is 2. The van der Waals surface area contributed by atoms with Crippen LogP contribution in [-0.4, -0.2) is 12.0 Å². The number of aromatic nitrogens is 2. The monoisotopic (exact) mass is 304 g/mol. The van der Waals surface area contributed by atoms with Gasteiger partial charge in [-0.25, -0.2) is 9.55 Å². The molecular weight excluding hydrogens is 286 g/mol. The largest absolute Gasteiger partial charge is 0.451 e. The minimum Gasteiger partial charge on any atom is -0.451 e. The van der Waals surface area contributed by atoms with Crippen molar-refractivity contribution in [3.8, 4) is 22.8 Å². The predicted molar refractivity (Wildman–Crippen MR) is 90.2 cm³/mol. The smallest absolute Gasteiger partial charge is 0.212 e. The zero-order chi connectivity index (χ0) is 16.0.